The SMILES string of the molecule is CCN(C(=O)Cn1c(C(F)(F)F)nc2ccccc21)c1ccc(Br)cn1. The van der Waals surface area contributed by atoms with E-state index in [1.165, 1.54) is 23.2 Å². The molecule has 2 heterocycles. The Morgan fingerprint density at radius 3 is 2.58 bits per heavy atom. The van der Waals surface area contributed by atoms with E-state index in [1.54, 1.807) is 31.2 Å². The summed E-state index contributed by atoms with van der Waals surface area (Å²) in [6.07, 6.45) is -3.13. The minimum atomic E-state index is -4.66. The Morgan fingerprint density at radius 1 is 1.23 bits per heavy atom. The third-order valence-corrected chi connectivity index (χ3v) is 4.28. The Labute approximate surface area is 155 Å². The van der Waals surface area contributed by atoms with Gasteiger partial charge in [0, 0.05) is 17.2 Å². The second-order valence-electron chi connectivity index (χ2n) is 5.48. The summed E-state index contributed by atoms with van der Waals surface area (Å²) in [5, 5.41) is 0. The van der Waals surface area contributed by atoms with E-state index in [9.17, 15) is 18.0 Å². The van der Waals surface area contributed by atoms with Gasteiger partial charge >= 0.3 is 6.18 Å². The van der Waals surface area contributed by atoms with Gasteiger partial charge in [0.2, 0.25) is 11.7 Å². The zero-order chi connectivity index (χ0) is 18.9. The average Bonchev–Trinajstić information content (AvgIpc) is 2.96. The molecule has 26 heavy (non-hydrogen) atoms. The van der Waals surface area contributed by atoms with Gasteiger partial charge in [0.25, 0.3) is 0 Å². The van der Waals surface area contributed by atoms with Gasteiger partial charge in [-0.1, -0.05) is 12.1 Å². The van der Waals surface area contributed by atoms with Crippen molar-refractivity contribution in [2.24, 2.45) is 0 Å². The molecule has 9 heteroatoms. The van der Waals surface area contributed by atoms with E-state index >= 15 is 0 Å². The molecular formula is C17H14BrF3N4O. The lowest BCUT2D eigenvalue weighted by atomic mass is 10.3. The molecule has 3 aromatic rings. The fourth-order valence-corrected chi connectivity index (χ4v) is 2.90. The van der Waals surface area contributed by atoms with E-state index in [1.807, 2.05) is 0 Å². The number of halogens is 4. The second-order valence-corrected chi connectivity index (χ2v) is 6.40. The molecule has 0 atom stereocenters. The fourth-order valence-electron chi connectivity index (χ4n) is 2.67. The lowest BCUT2D eigenvalue weighted by molar-refractivity contribution is -0.147. The third-order valence-electron chi connectivity index (χ3n) is 3.81. The van der Waals surface area contributed by atoms with Crippen LogP contribution in [-0.2, 0) is 17.5 Å². The molecule has 0 aliphatic rings. The summed E-state index contributed by atoms with van der Waals surface area (Å²) in [5.74, 6) is -1.22. The van der Waals surface area contributed by atoms with Gasteiger partial charge in [-0.2, -0.15) is 13.2 Å². The predicted octanol–water partition coefficient (Wildman–Crippen LogP) is 4.27. The quantitative estimate of drug-likeness (QED) is 0.625. The lowest BCUT2D eigenvalue weighted by Gasteiger charge is -2.21. The summed E-state index contributed by atoms with van der Waals surface area (Å²) in [6.45, 7) is 1.53. The third kappa shape index (κ3) is 3.57. The zero-order valence-electron chi connectivity index (χ0n) is 13.7. The number of aromatic nitrogens is 3. The molecule has 3 rings (SSSR count). The number of rotatable bonds is 4. The standard InChI is InChI=1S/C17H14BrF3N4O/c1-2-24(14-8-7-11(18)9-22-14)15(26)10-25-13-6-4-3-5-12(13)23-16(25)17(19,20)21/h3-9H,2,10H2,1H3. The monoisotopic (exact) mass is 426 g/mol. The van der Waals surface area contributed by atoms with Gasteiger partial charge in [0.05, 0.1) is 11.0 Å². The first-order valence-electron chi connectivity index (χ1n) is 7.75. The van der Waals surface area contributed by atoms with Gasteiger partial charge in [-0.15, -0.1) is 0 Å². The van der Waals surface area contributed by atoms with Crippen LogP contribution in [-0.4, -0.2) is 27.0 Å². The number of nitrogens with zero attached hydrogens (tertiary/aromatic N) is 4. The molecule has 0 saturated heterocycles. The van der Waals surface area contributed by atoms with Crippen molar-refractivity contribution in [2.75, 3.05) is 11.4 Å². The highest BCUT2D eigenvalue weighted by molar-refractivity contribution is 9.10. The van der Waals surface area contributed by atoms with Gasteiger partial charge < -0.3 is 4.57 Å². The molecule has 0 bridgehead atoms. The topological polar surface area (TPSA) is 51.0 Å². The molecule has 136 valence electrons. The summed E-state index contributed by atoms with van der Waals surface area (Å²) >= 11 is 3.26. The first-order valence-corrected chi connectivity index (χ1v) is 8.55. The zero-order valence-corrected chi connectivity index (χ0v) is 15.3. The van der Waals surface area contributed by atoms with Gasteiger partial charge in [0.15, 0.2) is 0 Å². The maximum atomic E-state index is 13.4. The lowest BCUT2D eigenvalue weighted by Crippen LogP contribution is -2.35. The minimum absolute atomic E-state index is 0.192. The van der Waals surface area contributed by atoms with E-state index in [-0.39, 0.29) is 17.6 Å². The van der Waals surface area contributed by atoms with Crippen molar-refractivity contribution in [1.82, 2.24) is 14.5 Å². The number of likely N-dealkylation sites (N-methyl/N-ethyl adjacent to an activating group) is 1. The van der Waals surface area contributed by atoms with Crippen LogP contribution in [0.15, 0.2) is 47.1 Å². The Morgan fingerprint density at radius 2 is 1.96 bits per heavy atom. The van der Waals surface area contributed by atoms with Crippen molar-refractivity contribution < 1.29 is 18.0 Å². The molecule has 0 saturated carbocycles. The molecule has 0 fully saturated rings. The molecule has 0 radical (unpaired) electrons. The van der Waals surface area contributed by atoms with Crippen molar-refractivity contribution >= 4 is 38.7 Å². The normalized spacial score (nSPS) is 11.7. The van der Waals surface area contributed by atoms with E-state index in [0.29, 0.717) is 5.82 Å². The highest BCUT2D eigenvalue weighted by Crippen LogP contribution is 2.31. The van der Waals surface area contributed by atoms with E-state index in [2.05, 4.69) is 25.9 Å². The average molecular weight is 427 g/mol. The van der Waals surface area contributed by atoms with Crippen molar-refractivity contribution in [3.05, 3.63) is 52.9 Å². The highest BCUT2D eigenvalue weighted by Gasteiger charge is 2.38. The molecule has 2 aromatic heterocycles. The molecule has 0 aliphatic heterocycles. The number of hydrogen-bond donors (Lipinski definition) is 0. The first kappa shape index (κ1) is 18.4. The van der Waals surface area contributed by atoms with Gasteiger partial charge in [-0.05, 0) is 47.1 Å². The summed E-state index contributed by atoms with van der Waals surface area (Å²) in [6, 6.07) is 9.55. The molecule has 0 aliphatic carbocycles. The maximum Gasteiger partial charge on any atom is 0.449 e. The smallest absolute Gasteiger partial charge is 0.311 e. The predicted molar refractivity (Wildman–Crippen MR) is 94.7 cm³/mol. The number of imidazole rings is 1. The maximum absolute atomic E-state index is 13.4. The number of benzene rings is 1. The van der Waals surface area contributed by atoms with Crippen LogP contribution in [0.25, 0.3) is 11.0 Å². The summed E-state index contributed by atoms with van der Waals surface area (Å²) in [5.41, 5.74) is 0.449. The number of carbonyl (C=O) groups is 1. The number of fused-ring (bicyclic) bond motifs is 1. The van der Waals surface area contributed by atoms with Crippen LogP contribution in [0.1, 0.15) is 12.7 Å². The van der Waals surface area contributed by atoms with Gasteiger partial charge in [-0.3, -0.25) is 9.69 Å². The summed E-state index contributed by atoms with van der Waals surface area (Å²) < 4.78 is 41.7. The van der Waals surface area contributed by atoms with Crippen molar-refractivity contribution in [2.45, 2.75) is 19.6 Å². The number of hydrogen-bond acceptors (Lipinski definition) is 3. The van der Waals surface area contributed by atoms with Crippen LogP contribution >= 0.6 is 15.9 Å². The van der Waals surface area contributed by atoms with Crippen LogP contribution in [0.5, 0.6) is 0 Å². The highest BCUT2D eigenvalue weighted by atomic mass is 79.9. The summed E-state index contributed by atoms with van der Waals surface area (Å²) in [7, 11) is 0. The molecule has 0 unspecified atom stereocenters. The molecule has 1 aromatic carbocycles. The van der Waals surface area contributed by atoms with Crippen LogP contribution in [0.2, 0.25) is 0 Å². The minimum Gasteiger partial charge on any atom is -0.311 e. The fraction of sp³-hybridized carbons (Fsp3) is 0.235. The Kier molecular flexibility index (Phi) is 4.99. The Balaban J connectivity index is 1.99. The van der Waals surface area contributed by atoms with Gasteiger partial charge in [0.1, 0.15) is 12.4 Å². The Hall–Kier alpha value is -2.42. The number of pyridine rings is 1. The second kappa shape index (κ2) is 7.06. The van der Waals surface area contributed by atoms with E-state index in [4.69, 9.17) is 0 Å². The van der Waals surface area contributed by atoms with Gasteiger partial charge in [-0.25, -0.2) is 9.97 Å². The van der Waals surface area contributed by atoms with Crippen LogP contribution in [0.3, 0.4) is 0 Å². The first-order chi connectivity index (χ1) is 12.3. The summed E-state index contributed by atoms with van der Waals surface area (Å²) in [4.78, 5) is 21.8. The van der Waals surface area contributed by atoms with Crippen molar-refractivity contribution in [3.8, 4) is 0 Å². The van der Waals surface area contributed by atoms with Crippen LogP contribution in [0.4, 0.5) is 19.0 Å². The number of amides is 1. The number of anilines is 1. The molecule has 0 N–H and O–H groups in total. The largest absolute Gasteiger partial charge is 0.449 e. The Bertz CT molecular complexity index is 937. The number of carbonyl (C=O) groups excluding carboxylic acids is 1. The number of para-hydroxylation sites is 2. The molecular weight excluding hydrogens is 413 g/mol. The van der Waals surface area contributed by atoms with Crippen LogP contribution in [0, 0.1) is 0 Å². The van der Waals surface area contributed by atoms with E-state index < -0.39 is 24.5 Å². The van der Waals surface area contributed by atoms with Crippen molar-refractivity contribution in [1.29, 1.82) is 0 Å². The molecule has 1 amide bonds. The van der Waals surface area contributed by atoms with Crippen molar-refractivity contribution in [3.63, 3.8) is 0 Å². The van der Waals surface area contributed by atoms with E-state index in [0.717, 1.165) is 9.04 Å². The molecule has 0 spiro atoms. The molecule has 5 nitrogen and oxygen atoms in total. The number of alkyl halides is 3. The van der Waals surface area contributed by atoms with Crippen LogP contribution < -0.4 is 4.90 Å².